The van der Waals surface area contributed by atoms with Crippen molar-refractivity contribution in [2.24, 2.45) is 0 Å². The number of amides is 1. The van der Waals surface area contributed by atoms with Crippen molar-refractivity contribution in [2.75, 3.05) is 24.3 Å². The highest BCUT2D eigenvalue weighted by Crippen LogP contribution is 2.17. The molecule has 4 heteroatoms. The number of carbonyl (C=O) groups is 1. The molecular weight excluding hydrogens is 304 g/mol. The Morgan fingerprint density at radius 2 is 1.79 bits per heavy atom. The average Bonchev–Trinajstić information content (AvgIpc) is 2.39. The number of hydrogen-bond acceptors (Lipinski definition) is 2. The minimum absolute atomic E-state index is 0.112. The van der Waals surface area contributed by atoms with Crippen molar-refractivity contribution in [1.29, 1.82) is 0 Å². The van der Waals surface area contributed by atoms with Crippen LogP contribution in [0.3, 0.4) is 0 Å². The molecule has 98 valence electrons. The molecule has 0 spiro atoms. The minimum atomic E-state index is -0.112. The summed E-state index contributed by atoms with van der Waals surface area (Å²) in [6, 6.07) is 15.0. The second kappa shape index (κ2) is 5.89. The highest BCUT2D eigenvalue weighted by atomic mass is 79.9. The number of anilines is 2. The van der Waals surface area contributed by atoms with Crippen LogP contribution in [-0.4, -0.2) is 20.0 Å². The fourth-order valence-electron chi connectivity index (χ4n) is 1.68. The number of rotatable bonds is 3. The van der Waals surface area contributed by atoms with Gasteiger partial charge in [0, 0.05) is 35.5 Å². The van der Waals surface area contributed by atoms with Gasteiger partial charge in [0.1, 0.15) is 0 Å². The summed E-state index contributed by atoms with van der Waals surface area (Å²) < 4.78 is 0.892. The average molecular weight is 319 g/mol. The number of nitrogens with one attached hydrogen (secondary N) is 1. The van der Waals surface area contributed by atoms with Gasteiger partial charge in [0.15, 0.2) is 0 Å². The largest absolute Gasteiger partial charge is 0.378 e. The van der Waals surface area contributed by atoms with Crippen molar-refractivity contribution < 1.29 is 4.79 Å². The van der Waals surface area contributed by atoms with E-state index >= 15 is 0 Å². The number of halogens is 1. The van der Waals surface area contributed by atoms with Crippen molar-refractivity contribution in [3.63, 3.8) is 0 Å². The smallest absolute Gasteiger partial charge is 0.255 e. The summed E-state index contributed by atoms with van der Waals surface area (Å²) in [7, 11) is 3.96. The van der Waals surface area contributed by atoms with Gasteiger partial charge in [0.2, 0.25) is 0 Å². The molecule has 0 aliphatic rings. The van der Waals surface area contributed by atoms with E-state index in [-0.39, 0.29) is 5.91 Å². The molecule has 1 amide bonds. The monoisotopic (exact) mass is 318 g/mol. The fourth-order valence-corrected chi connectivity index (χ4v) is 2.08. The Morgan fingerprint density at radius 1 is 1.11 bits per heavy atom. The maximum Gasteiger partial charge on any atom is 0.255 e. The Hall–Kier alpha value is -1.81. The van der Waals surface area contributed by atoms with E-state index in [1.165, 1.54) is 0 Å². The second-order valence-electron chi connectivity index (χ2n) is 4.41. The maximum absolute atomic E-state index is 12.0. The van der Waals surface area contributed by atoms with E-state index < -0.39 is 0 Å². The zero-order chi connectivity index (χ0) is 13.8. The summed E-state index contributed by atoms with van der Waals surface area (Å²) in [6.07, 6.45) is 0. The van der Waals surface area contributed by atoms with Gasteiger partial charge in [0.05, 0.1) is 0 Å². The summed E-state index contributed by atoms with van der Waals surface area (Å²) in [4.78, 5) is 14.1. The Labute approximate surface area is 121 Å². The molecule has 2 aromatic carbocycles. The Morgan fingerprint density at radius 3 is 2.37 bits per heavy atom. The van der Waals surface area contributed by atoms with Gasteiger partial charge in [-0.2, -0.15) is 0 Å². The molecule has 2 aromatic rings. The van der Waals surface area contributed by atoms with Crippen molar-refractivity contribution in [3.05, 3.63) is 58.6 Å². The first-order valence-corrected chi connectivity index (χ1v) is 6.70. The SMILES string of the molecule is CN(C)c1ccc(NC(=O)c2cccc(Br)c2)cc1. The predicted molar refractivity (Wildman–Crippen MR) is 82.9 cm³/mol. The summed E-state index contributed by atoms with van der Waals surface area (Å²) >= 11 is 3.36. The van der Waals surface area contributed by atoms with Gasteiger partial charge in [0.25, 0.3) is 5.91 Å². The quantitative estimate of drug-likeness (QED) is 0.934. The van der Waals surface area contributed by atoms with Gasteiger partial charge in [-0.3, -0.25) is 4.79 Å². The highest BCUT2D eigenvalue weighted by molar-refractivity contribution is 9.10. The molecule has 0 aromatic heterocycles. The molecule has 0 unspecified atom stereocenters. The molecule has 0 aliphatic heterocycles. The van der Waals surface area contributed by atoms with E-state index in [1.54, 1.807) is 12.1 Å². The van der Waals surface area contributed by atoms with Gasteiger partial charge >= 0.3 is 0 Å². The van der Waals surface area contributed by atoms with Crippen LogP contribution in [0, 0.1) is 0 Å². The van der Waals surface area contributed by atoms with E-state index in [2.05, 4.69) is 21.2 Å². The van der Waals surface area contributed by atoms with Gasteiger partial charge in [-0.1, -0.05) is 22.0 Å². The van der Waals surface area contributed by atoms with E-state index in [0.29, 0.717) is 5.56 Å². The van der Waals surface area contributed by atoms with E-state index in [9.17, 15) is 4.79 Å². The third-order valence-electron chi connectivity index (χ3n) is 2.73. The first kappa shape index (κ1) is 13.6. The third-order valence-corrected chi connectivity index (χ3v) is 3.22. The summed E-state index contributed by atoms with van der Waals surface area (Å²) in [5.74, 6) is -0.112. The van der Waals surface area contributed by atoms with Crippen LogP contribution in [0.5, 0.6) is 0 Å². The van der Waals surface area contributed by atoms with Gasteiger partial charge in [-0.25, -0.2) is 0 Å². The molecule has 0 saturated heterocycles. The molecule has 0 aliphatic carbocycles. The lowest BCUT2D eigenvalue weighted by Gasteiger charge is -2.13. The number of hydrogen-bond donors (Lipinski definition) is 1. The highest BCUT2D eigenvalue weighted by Gasteiger charge is 2.06. The first-order chi connectivity index (χ1) is 9.06. The number of nitrogens with zero attached hydrogens (tertiary/aromatic N) is 1. The molecule has 0 radical (unpaired) electrons. The minimum Gasteiger partial charge on any atom is -0.378 e. The van der Waals surface area contributed by atoms with Crippen molar-refractivity contribution in [1.82, 2.24) is 0 Å². The van der Waals surface area contributed by atoms with Crippen LogP contribution in [0.15, 0.2) is 53.0 Å². The Balaban J connectivity index is 2.10. The van der Waals surface area contributed by atoms with Gasteiger partial charge in [-0.05, 0) is 42.5 Å². The van der Waals surface area contributed by atoms with E-state index in [4.69, 9.17) is 0 Å². The van der Waals surface area contributed by atoms with Crippen molar-refractivity contribution in [3.8, 4) is 0 Å². The molecule has 0 heterocycles. The first-order valence-electron chi connectivity index (χ1n) is 5.90. The predicted octanol–water partition coefficient (Wildman–Crippen LogP) is 3.77. The van der Waals surface area contributed by atoms with Crippen LogP contribution in [0.4, 0.5) is 11.4 Å². The molecule has 1 N–H and O–H groups in total. The van der Waals surface area contributed by atoms with Gasteiger partial charge in [-0.15, -0.1) is 0 Å². The molecule has 0 atom stereocenters. The zero-order valence-corrected chi connectivity index (χ0v) is 12.4. The molecular formula is C15H15BrN2O. The Bertz CT molecular complexity index is 579. The van der Waals surface area contributed by atoms with Crippen LogP contribution in [-0.2, 0) is 0 Å². The molecule has 19 heavy (non-hydrogen) atoms. The van der Waals surface area contributed by atoms with E-state index in [0.717, 1.165) is 15.8 Å². The lowest BCUT2D eigenvalue weighted by molar-refractivity contribution is 0.102. The zero-order valence-electron chi connectivity index (χ0n) is 10.9. The molecule has 0 fully saturated rings. The van der Waals surface area contributed by atoms with Gasteiger partial charge < -0.3 is 10.2 Å². The molecule has 3 nitrogen and oxygen atoms in total. The molecule has 2 rings (SSSR count). The van der Waals surface area contributed by atoms with Crippen molar-refractivity contribution >= 4 is 33.2 Å². The summed E-state index contributed by atoms with van der Waals surface area (Å²) in [5.41, 5.74) is 2.52. The summed E-state index contributed by atoms with van der Waals surface area (Å²) in [5, 5.41) is 2.87. The normalized spacial score (nSPS) is 10.1. The lowest BCUT2D eigenvalue weighted by atomic mass is 10.2. The topological polar surface area (TPSA) is 32.3 Å². The summed E-state index contributed by atoms with van der Waals surface area (Å²) in [6.45, 7) is 0. The van der Waals surface area contributed by atoms with Crippen LogP contribution >= 0.6 is 15.9 Å². The number of carbonyl (C=O) groups excluding carboxylic acids is 1. The number of benzene rings is 2. The maximum atomic E-state index is 12.0. The van der Waals surface area contributed by atoms with Crippen LogP contribution in [0.1, 0.15) is 10.4 Å². The molecule has 0 bridgehead atoms. The molecule has 0 saturated carbocycles. The van der Waals surface area contributed by atoms with Crippen molar-refractivity contribution in [2.45, 2.75) is 0 Å². The standard InChI is InChI=1S/C15H15BrN2O/c1-18(2)14-8-6-13(7-9-14)17-15(19)11-4-3-5-12(16)10-11/h3-10H,1-2H3,(H,17,19). The van der Waals surface area contributed by atoms with E-state index in [1.807, 2.05) is 55.4 Å². The second-order valence-corrected chi connectivity index (χ2v) is 5.32. The Kier molecular flexibility index (Phi) is 4.22. The van der Waals surface area contributed by atoms with Crippen LogP contribution in [0.25, 0.3) is 0 Å². The third kappa shape index (κ3) is 3.58. The van der Waals surface area contributed by atoms with Crippen LogP contribution in [0.2, 0.25) is 0 Å². The fraction of sp³-hybridized carbons (Fsp3) is 0.133. The lowest BCUT2D eigenvalue weighted by Crippen LogP contribution is -2.12. The van der Waals surface area contributed by atoms with Crippen LogP contribution < -0.4 is 10.2 Å².